The number of carboxylic acids is 1. The Kier molecular flexibility index (Phi) is 3.43. The van der Waals surface area contributed by atoms with E-state index >= 15 is 0 Å². The van der Waals surface area contributed by atoms with Gasteiger partial charge in [0, 0.05) is 7.05 Å². The zero-order valence-corrected chi connectivity index (χ0v) is 10.6. The number of hydrogen-bond acceptors (Lipinski definition) is 3. The van der Waals surface area contributed by atoms with E-state index < -0.39 is 12.0 Å². The Morgan fingerprint density at radius 2 is 2.11 bits per heavy atom. The molecule has 1 aromatic rings. The molecule has 5 nitrogen and oxygen atoms in total. The Hall–Kier alpha value is -1.75. The maximum absolute atomic E-state index is 11.7. The lowest BCUT2D eigenvalue weighted by Gasteiger charge is -2.38. The molecule has 0 spiro atoms. The molecule has 1 atom stereocenters. The van der Waals surface area contributed by atoms with E-state index in [2.05, 4.69) is 0 Å². The van der Waals surface area contributed by atoms with Gasteiger partial charge < -0.3 is 14.9 Å². The number of para-hydroxylation sites is 1. The van der Waals surface area contributed by atoms with Crippen LogP contribution in [0.2, 0.25) is 5.02 Å². The molecule has 1 aliphatic heterocycles. The first-order valence-corrected chi connectivity index (χ1v) is 5.86. The molecule has 0 aromatic heterocycles. The third-order valence-corrected chi connectivity index (χ3v) is 3.32. The van der Waals surface area contributed by atoms with Crippen molar-refractivity contribution in [3.63, 3.8) is 0 Å². The number of carbonyl (C=O) groups excluding carboxylic acids is 1. The van der Waals surface area contributed by atoms with Crippen molar-refractivity contribution < 1.29 is 14.7 Å². The highest BCUT2D eigenvalue weighted by atomic mass is 35.5. The van der Waals surface area contributed by atoms with Gasteiger partial charge in [0.2, 0.25) is 5.91 Å². The first kappa shape index (κ1) is 12.7. The van der Waals surface area contributed by atoms with Gasteiger partial charge in [-0.1, -0.05) is 23.7 Å². The lowest BCUT2D eigenvalue weighted by molar-refractivity contribution is -0.141. The molecule has 1 amide bonds. The van der Waals surface area contributed by atoms with Gasteiger partial charge in [-0.3, -0.25) is 4.79 Å². The fourth-order valence-electron chi connectivity index (χ4n) is 1.99. The topological polar surface area (TPSA) is 60.9 Å². The molecule has 1 aromatic carbocycles. The van der Waals surface area contributed by atoms with Gasteiger partial charge in [0.1, 0.15) is 6.04 Å². The van der Waals surface area contributed by atoms with Crippen LogP contribution < -0.4 is 4.90 Å². The van der Waals surface area contributed by atoms with E-state index in [4.69, 9.17) is 11.6 Å². The molecule has 1 heterocycles. The molecule has 0 bridgehead atoms. The van der Waals surface area contributed by atoms with Gasteiger partial charge in [0.05, 0.1) is 23.8 Å². The number of piperazine rings is 1. The number of aliphatic carboxylic acids is 1. The molecular formula is C12H13ClN2O3. The van der Waals surface area contributed by atoms with Crippen LogP contribution in [0.3, 0.4) is 0 Å². The van der Waals surface area contributed by atoms with Crippen LogP contribution in [0.5, 0.6) is 0 Å². The van der Waals surface area contributed by atoms with Crippen molar-refractivity contribution in [1.29, 1.82) is 0 Å². The molecule has 1 aliphatic rings. The van der Waals surface area contributed by atoms with Crippen LogP contribution in [0.4, 0.5) is 5.69 Å². The summed E-state index contributed by atoms with van der Waals surface area (Å²) in [6.45, 7) is 0.177. The highest BCUT2D eigenvalue weighted by Gasteiger charge is 2.35. The van der Waals surface area contributed by atoms with E-state index in [0.717, 1.165) is 0 Å². The van der Waals surface area contributed by atoms with Gasteiger partial charge in [-0.05, 0) is 12.1 Å². The number of carbonyl (C=O) groups is 2. The average Bonchev–Trinajstić information content (AvgIpc) is 2.32. The van der Waals surface area contributed by atoms with Crippen LogP contribution >= 0.6 is 11.6 Å². The van der Waals surface area contributed by atoms with Crippen LogP contribution in [0.25, 0.3) is 0 Å². The van der Waals surface area contributed by atoms with Gasteiger partial charge in [0.25, 0.3) is 0 Å². The molecule has 1 N–H and O–H groups in total. The SMILES string of the molecule is CN1CC(C(=O)O)N(c2ccccc2Cl)CC1=O. The fourth-order valence-corrected chi connectivity index (χ4v) is 2.23. The molecule has 1 fully saturated rings. The van der Waals surface area contributed by atoms with Gasteiger partial charge in [-0.15, -0.1) is 0 Å². The van der Waals surface area contributed by atoms with Crippen LogP contribution in [-0.4, -0.2) is 48.1 Å². The number of rotatable bonds is 2. The second kappa shape index (κ2) is 4.86. The number of nitrogens with zero attached hydrogens (tertiary/aromatic N) is 2. The van der Waals surface area contributed by atoms with Crippen LogP contribution in [0.1, 0.15) is 0 Å². The number of anilines is 1. The zero-order valence-electron chi connectivity index (χ0n) is 9.84. The molecule has 1 saturated heterocycles. The minimum Gasteiger partial charge on any atom is -0.480 e. The van der Waals surface area contributed by atoms with E-state index in [-0.39, 0.29) is 19.0 Å². The highest BCUT2D eigenvalue weighted by molar-refractivity contribution is 6.33. The van der Waals surface area contributed by atoms with E-state index in [1.165, 1.54) is 9.80 Å². The molecule has 96 valence electrons. The number of carboxylic acid groups (broad SMARTS) is 1. The third-order valence-electron chi connectivity index (χ3n) is 3.00. The first-order chi connectivity index (χ1) is 8.50. The first-order valence-electron chi connectivity index (χ1n) is 5.48. The molecule has 0 saturated carbocycles. The minimum atomic E-state index is -0.964. The van der Waals surface area contributed by atoms with Crippen molar-refractivity contribution in [3.8, 4) is 0 Å². The van der Waals surface area contributed by atoms with Crippen molar-refractivity contribution in [3.05, 3.63) is 29.3 Å². The van der Waals surface area contributed by atoms with Crippen molar-refractivity contribution in [2.45, 2.75) is 6.04 Å². The summed E-state index contributed by atoms with van der Waals surface area (Å²) in [6.07, 6.45) is 0. The molecule has 0 aliphatic carbocycles. The number of hydrogen-bond donors (Lipinski definition) is 1. The summed E-state index contributed by atoms with van der Waals surface area (Å²) in [6, 6.07) is 6.16. The minimum absolute atomic E-state index is 0.0250. The molecule has 0 radical (unpaired) electrons. The summed E-state index contributed by atoms with van der Waals surface area (Å²) in [7, 11) is 1.60. The third kappa shape index (κ3) is 2.26. The Morgan fingerprint density at radius 3 is 2.72 bits per heavy atom. The van der Waals surface area contributed by atoms with Gasteiger partial charge in [0.15, 0.2) is 0 Å². The number of likely N-dealkylation sites (N-methyl/N-ethyl adjacent to an activating group) is 1. The second-order valence-corrected chi connectivity index (χ2v) is 4.61. The maximum Gasteiger partial charge on any atom is 0.328 e. The summed E-state index contributed by atoms with van der Waals surface area (Å²) < 4.78 is 0. The summed E-state index contributed by atoms with van der Waals surface area (Å²) in [4.78, 5) is 25.9. The van der Waals surface area contributed by atoms with Gasteiger partial charge in [-0.2, -0.15) is 0 Å². The molecule has 6 heteroatoms. The predicted molar refractivity (Wildman–Crippen MR) is 67.9 cm³/mol. The molecule has 2 rings (SSSR count). The van der Waals surface area contributed by atoms with Gasteiger partial charge >= 0.3 is 5.97 Å². The zero-order chi connectivity index (χ0) is 13.3. The Bertz CT molecular complexity index is 492. The average molecular weight is 269 g/mol. The molecule has 1 unspecified atom stereocenters. The molecule has 18 heavy (non-hydrogen) atoms. The summed E-state index contributed by atoms with van der Waals surface area (Å²) >= 11 is 6.05. The quantitative estimate of drug-likeness (QED) is 0.872. The van der Waals surface area contributed by atoms with E-state index in [9.17, 15) is 14.7 Å². The largest absolute Gasteiger partial charge is 0.480 e. The highest BCUT2D eigenvalue weighted by Crippen LogP contribution is 2.28. The number of halogens is 1. The Morgan fingerprint density at radius 1 is 1.44 bits per heavy atom. The lowest BCUT2D eigenvalue weighted by atomic mass is 10.1. The smallest absolute Gasteiger partial charge is 0.328 e. The Labute approximate surface area is 110 Å². The van der Waals surface area contributed by atoms with E-state index in [1.807, 2.05) is 0 Å². The number of amides is 1. The summed E-state index contributed by atoms with van der Waals surface area (Å²) in [5.74, 6) is -1.08. The lowest BCUT2D eigenvalue weighted by Crippen LogP contribution is -2.58. The van der Waals surface area contributed by atoms with Crippen LogP contribution in [0, 0.1) is 0 Å². The van der Waals surface area contributed by atoms with Crippen LogP contribution in [-0.2, 0) is 9.59 Å². The van der Waals surface area contributed by atoms with Gasteiger partial charge in [-0.25, -0.2) is 4.79 Å². The van der Waals surface area contributed by atoms with E-state index in [0.29, 0.717) is 10.7 Å². The normalized spacial score (nSPS) is 20.1. The fraction of sp³-hybridized carbons (Fsp3) is 0.333. The van der Waals surface area contributed by atoms with Crippen molar-refractivity contribution in [2.24, 2.45) is 0 Å². The predicted octanol–water partition coefficient (Wildman–Crippen LogP) is 1.07. The monoisotopic (exact) mass is 268 g/mol. The summed E-state index contributed by atoms with van der Waals surface area (Å²) in [5, 5.41) is 9.69. The molecular weight excluding hydrogens is 256 g/mol. The van der Waals surface area contributed by atoms with Crippen molar-refractivity contribution in [1.82, 2.24) is 4.90 Å². The maximum atomic E-state index is 11.7. The van der Waals surface area contributed by atoms with Crippen LogP contribution in [0.15, 0.2) is 24.3 Å². The van der Waals surface area contributed by atoms with E-state index in [1.54, 1.807) is 31.3 Å². The van der Waals surface area contributed by atoms with Crippen molar-refractivity contribution >= 4 is 29.2 Å². The number of benzene rings is 1. The second-order valence-electron chi connectivity index (χ2n) is 4.21. The Balaban J connectivity index is 2.37. The van der Waals surface area contributed by atoms with Crippen molar-refractivity contribution in [2.75, 3.05) is 25.0 Å². The standard InChI is InChI=1S/C12H13ClN2O3/c1-14-6-10(12(17)18)15(7-11(14)16)9-5-3-2-4-8(9)13/h2-5,10H,6-7H2,1H3,(H,17,18). The summed E-state index contributed by atoms with van der Waals surface area (Å²) in [5.41, 5.74) is 0.577.